The molecule has 4 rings (SSSR count). The highest BCUT2D eigenvalue weighted by Crippen LogP contribution is 2.37. The van der Waals surface area contributed by atoms with Crippen molar-refractivity contribution < 1.29 is 0 Å². The summed E-state index contributed by atoms with van der Waals surface area (Å²) < 4.78 is 2.37. The summed E-state index contributed by atoms with van der Waals surface area (Å²) in [6.45, 7) is 3.81. The van der Waals surface area contributed by atoms with Gasteiger partial charge in [0.1, 0.15) is 5.01 Å². The van der Waals surface area contributed by atoms with Gasteiger partial charge in [-0.15, -0.1) is 11.3 Å². The quantitative estimate of drug-likeness (QED) is 0.693. The smallest absolute Gasteiger partial charge is 0.332 e. The Bertz CT molecular complexity index is 1100. The second kappa shape index (κ2) is 5.53. The summed E-state index contributed by atoms with van der Waals surface area (Å²) in [7, 11) is 0. The van der Waals surface area contributed by atoms with Gasteiger partial charge in [-0.1, -0.05) is 6.07 Å². The molecule has 2 aromatic heterocycles. The maximum Gasteiger partial charge on any atom is 0.350 e. The van der Waals surface area contributed by atoms with Crippen LogP contribution in [0.15, 0.2) is 27.1 Å². The summed E-state index contributed by atoms with van der Waals surface area (Å²) in [5.41, 5.74) is 8.20. The summed E-state index contributed by atoms with van der Waals surface area (Å²) in [4.78, 5) is 29.6. The number of nitrogen functional groups attached to an aromatic ring is 1. The van der Waals surface area contributed by atoms with Crippen molar-refractivity contribution in [2.45, 2.75) is 38.8 Å². The topological polar surface area (TPSA) is 109 Å². The van der Waals surface area contributed by atoms with Crippen molar-refractivity contribution in [3.8, 4) is 11.3 Å². The molecular formula is C17H19N5O2S. The first-order valence-corrected chi connectivity index (χ1v) is 9.05. The number of aromatic nitrogens is 3. The molecular weight excluding hydrogens is 338 g/mol. The Hall–Kier alpha value is -2.45. The van der Waals surface area contributed by atoms with Gasteiger partial charge in [0.25, 0.3) is 5.56 Å². The Morgan fingerprint density at radius 1 is 1.32 bits per heavy atom. The first kappa shape index (κ1) is 16.0. The lowest BCUT2D eigenvalue weighted by atomic mass is 10.0. The highest BCUT2D eigenvalue weighted by atomic mass is 32.1. The van der Waals surface area contributed by atoms with Crippen molar-refractivity contribution >= 4 is 22.2 Å². The summed E-state index contributed by atoms with van der Waals surface area (Å²) in [5, 5.41) is 3.26. The van der Waals surface area contributed by atoms with E-state index in [1.54, 1.807) is 10.6 Å². The Morgan fingerprint density at radius 2 is 2.04 bits per heavy atom. The van der Waals surface area contributed by atoms with Gasteiger partial charge in [0.15, 0.2) is 0 Å². The third-order valence-corrected chi connectivity index (χ3v) is 5.68. The monoisotopic (exact) mass is 357 g/mol. The molecule has 25 heavy (non-hydrogen) atoms. The second-order valence-electron chi connectivity index (χ2n) is 6.55. The van der Waals surface area contributed by atoms with Crippen LogP contribution in [0.25, 0.3) is 22.2 Å². The van der Waals surface area contributed by atoms with E-state index in [0.29, 0.717) is 15.6 Å². The molecule has 0 radical (unpaired) electrons. The van der Waals surface area contributed by atoms with E-state index in [-0.39, 0.29) is 12.1 Å². The summed E-state index contributed by atoms with van der Waals surface area (Å²) >= 11 is 1.51. The normalized spacial score (nSPS) is 15.6. The van der Waals surface area contributed by atoms with E-state index in [2.05, 4.69) is 4.98 Å². The summed E-state index contributed by atoms with van der Waals surface area (Å²) in [5.74, 6) is 5.70. The molecule has 1 saturated carbocycles. The summed E-state index contributed by atoms with van der Waals surface area (Å²) in [6, 6.07) is 3.57. The highest BCUT2D eigenvalue weighted by molar-refractivity contribution is 7.10. The van der Waals surface area contributed by atoms with Crippen LogP contribution in [0.2, 0.25) is 0 Å². The molecule has 0 saturated heterocycles. The molecule has 1 unspecified atom stereocenters. The van der Waals surface area contributed by atoms with E-state index in [0.717, 1.165) is 34.7 Å². The zero-order valence-electron chi connectivity index (χ0n) is 14.0. The molecule has 1 atom stereocenters. The lowest BCUT2D eigenvalue weighted by Crippen LogP contribution is -2.44. The van der Waals surface area contributed by atoms with Gasteiger partial charge in [0.2, 0.25) is 0 Å². The van der Waals surface area contributed by atoms with Gasteiger partial charge in [0.05, 0.1) is 22.6 Å². The minimum absolute atomic E-state index is 0.106. The Kier molecular flexibility index (Phi) is 3.55. The van der Waals surface area contributed by atoms with Crippen LogP contribution in [0, 0.1) is 6.92 Å². The van der Waals surface area contributed by atoms with E-state index in [4.69, 9.17) is 11.6 Å². The molecule has 0 amide bonds. The fourth-order valence-corrected chi connectivity index (χ4v) is 3.96. The molecule has 2 heterocycles. The van der Waals surface area contributed by atoms with Crippen LogP contribution in [0.3, 0.4) is 0 Å². The highest BCUT2D eigenvalue weighted by Gasteiger charge is 2.29. The van der Waals surface area contributed by atoms with Gasteiger partial charge in [-0.2, -0.15) is 4.68 Å². The number of hydrogen-bond donors (Lipinski definition) is 2. The molecule has 1 aliphatic rings. The van der Waals surface area contributed by atoms with Crippen molar-refractivity contribution in [3.63, 3.8) is 0 Å². The number of nitrogens with two attached hydrogens (primary N) is 2. The molecule has 130 valence electrons. The van der Waals surface area contributed by atoms with Gasteiger partial charge in [-0.05, 0) is 38.3 Å². The van der Waals surface area contributed by atoms with Crippen LogP contribution >= 0.6 is 11.3 Å². The number of nitrogens with zero attached hydrogens (tertiary/aromatic N) is 3. The van der Waals surface area contributed by atoms with E-state index >= 15 is 0 Å². The van der Waals surface area contributed by atoms with E-state index in [1.807, 2.05) is 25.3 Å². The number of rotatable bonds is 3. The van der Waals surface area contributed by atoms with Crippen molar-refractivity contribution in [2.24, 2.45) is 5.73 Å². The van der Waals surface area contributed by atoms with Crippen molar-refractivity contribution in [3.05, 3.63) is 48.9 Å². The number of hydrogen-bond acceptors (Lipinski definition) is 6. The first-order chi connectivity index (χ1) is 11.9. The molecule has 3 aromatic rings. The maximum atomic E-state index is 12.5. The fraction of sp³-hybridized carbons (Fsp3) is 0.353. The van der Waals surface area contributed by atoms with Crippen LogP contribution in [-0.2, 0) is 0 Å². The first-order valence-electron chi connectivity index (χ1n) is 8.17. The van der Waals surface area contributed by atoms with Crippen molar-refractivity contribution in [1.82, 2.24) is 14.2 Å². The molecule has 0 spiro atoms. The molecule has 8 heteroatoms. The van der Waals surface area contributed by atoms with Crippen LogP contribution < -0.4 is 22.8 Å². The average Bonchev–Trinajstić information content (AvgIpc) is 3.29. The molecule has 1 aromatic carbocycles. The van der Waals surface area contributed by atoms with Crippen LogP contribution in [0.5, 0.6) is 0 Å². The molecule has 7 nitrogen and oxygen atoms in total. The SMILES string of the molecule is Cc1c(-c2csc(C(C)N)n2)ccc2c(=O)n(N)c(=O)n(C3CC3)c12. The Morgan fingerprint density at radius 3 is 2.64 bits per heavy atom. The fourth-order valence-electron chi connectivity index (χ4n) is 3.18. The van der Waals surface area contributed by atoms with Crippen molar-refractivity contribution in [1.29, 1.82) is 0 Å². The standard InChI is InChI=1S/C17H19N5O2S/c1-8-11(13-7-25-15(20-13)9(2)18)5-6-12-14(8)21(10-3-4-10)17(24)22(19)16(12)23/h5-7,9-10H,3-4,18-19H2,1-2H3. The third-order valence-electron chi connectivity index (χ3n) is 4.63. The Balaban J connectivity index is 2.05. The number of benzene rings is 1. The molecule has 1 aliphatic carbocycles. The minimum Gasteiger partial charge on any atom is -0.332 e. The largest absolute Gasteiger partial charge is 0.350 e. The lowest BCUT2D eigenvalue weighted by molar-refractivity contribution is 0.662. The number of aryl methyl sites for hydroxylation is 1. The van der Waals surface area contributed by atoms with Gasteiger partial charge < -0.3 is 11.6 Å². The minimum atomic E-state index is -0.471. The number of fused-ring (bicyclic) bond motifs is 1. The van der Waals surface area contributed by atoms with Gasteiger partial charge in [-0.3, -0.25) is 9.36 Å². The van der Waals surface area contributed by atoms with Crippen LogP contribution in [0.4, 0.5) is 0 Å². The molecule has 1 fully saturated rings. The van der Waals surface area contributed by atoms with E-state index in [9.17, 15) is 9.59 Å². The van der Waals surface area contributed by atoms with E-state index < -0.39 is 11.2 Å². The predicted molar refractivity (Wildman–Crippen MR) is 99.3 cm³/mol. The molecule has 4 N–H and O–H groups in total. The zero-order valence-corrected chi connectivity index (χ0v) is 14.8. The lowest BCUT2D eigenvalue weighted by Gasteiger charge is -2.15. The molecule has 0 bridgehead atoms. The van der Waals surface area contributed by atoms with Crippen molar-refractivity contribution in [2.75, 3.05) is 5.84 Å². The zero-order chi connectivity index (χ0) is 17.9. The third kappa shape index (κ3) is 2.40. The van der Waals surface area contributed by atoms with Crippen LogP contribution in [-0.4, -0.2) is 14.2 Å². The van der Waals surface area contributed by atoms with Gasteiger partial charge >= 0.3 is 5.69 Å². The average molecular weight is 357 g/mol. The van der Waals surface area contributed by atoms with Gasteiger partial charge in [0, 0.05) is 17.0 Å². The summed E-state index contributed by atoms with van der Waals surface area (Å²) in [6.07, 6.45) is 1.84. The van der Waals surface area contributed by atoms with Gasteiger partial charge in [-0.25, -0.2) is 9.78 Å². The predicted octanol–water partition coefficient (Wildman–Crippen LogP) is 1.66. The molecule has 0 aliphatic heterocycles. The van der Waals surface area contributed by atoms with Crippen LogP contribution in [0.1, 0.15) is 42.4 Å². The van der Waals surface area contributed by atoms with E-state index in [1.165, 1.54) is 11.3 Å². The number of thiazole rings is 1. The Labute approximate surface area is 147 Å². The maximum absolute atomic E-state index is 12.5. The second-order valence-corrected chi connectivity index (χ2v) is 7.44.